The molecule has 0 heterocycles. The van der Waals surface area contributed by atoms with Crippen LogP contribution in [0.1, 0.15) is 15.9 Å². The van der Waals surface area contributed by atoms with E-state index in [4.69, 9.17) is 34.0 Å². The third-order valence-corrected chi connectivity index (χ3v) is 2.25. The lowest BCUT2D eigenvalue weighted by Crippen LogP contribution is -2.03. The molecule has 0 saturated carbocycles. The number of benzene rings is 1. The Balaban J connectivity index is 3.30. The number of nitrogens with two attached hydrogens (primary N) is 1. The van der Waals surface area contributed by atoms with E-state index >= 15 is 0 Å². The quantitative estimate of drug-likeness (QED) is 0.802. The SMILES string of the molecule is NCc1cc(C(=O)O)c(Cl)cc1Cl. The van der Waals surface area contributed by atoms with Crippen LogP contribution in [0.25, 0.3) is 0 Å². The number of halogens is 2. The molecule has 0 aromatic heterocycles. The predicted molar refractivity (Wildman–Crippen MR) is 51.3 cm³/mol. The van der Waals surface area contributed by atoms with Crippen molar-refractivity contribution in [1.82, 2.24) is 0 Å². The van der Waals surface area contributed by atoms with E-state index in [1.165, 1.54) is 12.1 Å². The highest BCUT2D eigenvalue weighted by Gasteiger charge is 2.11. The van der Waals surface area contributed by atoms with E-state index in [9.17, 15) is 4.79 Å². The number of rotatable bonds is 2. The first-order valence-electron chi connectivity index (χ1n) is 3.47. The minimum atomic E-state index is -1.09. The van der Waals surface area contributed by atoms with Gasteiger partial charge in [-0.3, -0.25) is 0 Å². The summed E-state index contributed by atoms with van der Waals surface area (Å²) in [5.41, 5.74) is 5.94. The van der Waals surface area contributed by atoms with Crippen molar-refractivity contribution in [1.29, 1.82) is 0 Å². The summed E-state index contributed by atoms with van der Waals surface area (Å²) in [5.74, 6) is -1.09. The minimum Gasteiger partial charge on any atom is -0.478 e. The fourth-order valence-corrected chi connectivity index (χ4v) is 1.46. The van der Waals surface area contributed by atoms with Crippen molar-refractivity contribution in [3.05, 3.63) is 33.3 Å². The average molecular weight is 220 g/mol. The van der Waals surface area contributed by atoms with Gasteiger partial charge in [0.05, 0.1) is 10.6 Å². The first-order valence-corrected chi connectivity index (χ1v) is 4.23. The van der Waals surface area contributed by atoms with Gasteiger partial charge in [-0.1, -0.05) is 23.2 Å². The van der Waals surface area contributed by atoms with Crippen LogP contribution >= 0.6 is 23.2 Å². The molecule has 0 fully saturated rings. The second-order valence-electron chi connectivity index (χ2n) is 2.43. The van der Waals surface area contributed by atoms with Crippen LogP contribution in [0, 0.1) is 0 Å². The van der Waals surface area contributed by atoms with Gasteiger partial charge in [-0.25, -0.2) is 4.79 Å². The van der Waals surface area contributed by atoms with Gasteiger partial charge in [0.25, 0.3) is 0 Å². The van der Waals surface area contributed by atoms with Crippen molar-refractivity contribution in [2.75, 3.05) is 0 Å². The van der Waals surface area contributed by atoms with Crippen molar-refractivity contribution in [2.45, 2.75) is 6.54 Å². The number of hydrogen-bond acceptors (Lipinski definition) is 2. The molecule has 70 valence electrons. The first kappa shape index (κ1) is 10.3. The largest absolute Gasteiger partial charge is 0.478 e. The van der Waals surface area contributed by atoms with Gasteiger partial charge in [-0.2, -0.15) is 0 Å². The minimum absolute atomic E-state index is 0.0199. The summed E-state index contributed by atoms with van der Waals surface area (Å²) in [6.45, 7) is 0.191. The van der Waals surface area contributed by atoms with Crippen LogP contribution in [-0.4, -0.2) is 11.1 Å². The van der Waals surface area contributed by atoms with E-state index in [1.54, 1.807) is 0 Å². The standard InChI is InChI=1S/C8H7Cl2NO2/c9-6-2-7(10)5(8(12)13)1-4(6)3-11/h1-2H,3,11H2,(H,12,13). The lowest BCUT2D eigenvalue weighted by molar-refractivity contribution is 0.0697. The molecule has 0 unspecified atom stereocenters. The summed E-state index contributed by atoms with van der Waals surface area (Å²) >= 11 is 11.4. The molecule has 0 amide bonds. The average Bonchev–Trinajstić information content (AvgIpc) is 2.03. The number of carboxylic acid groups (broad SMARTS) is 1. The van der Waals surface area contributed by atoms with Gasteiger partial charge in [0, 0.05) is 11.6 Å². The fraction of sp³-hybridized carbons (Fsp3) is 0.125. The zero-order valence-electron chi connectivity index (χ0n) is 6.55. The number of hydrogen-bond donors (Lipinski definition) is 2. The predicted octanol–water partition coefficient (Wildman–Crippen LogP) is 2.15. The first-order chi connectivity index (χ1) is 6.06. The number of carboxylic acids is 1. The van der Waals surface area contributed by atoms with Crippen molar-refractivity contribution >= 4 is 29.2 Å². The third-order valence-electron chi connectivity index (χ3n) is 1.59. The Morgan fingerprint density at radius 1 is 1.38 bits per heavy atom. The molecule has 1 rings (SSSR count). The van der Waals surface area contributed by atoms with Gasteiger partial charge in [0.15, 0.2) is 0 Å². The summed E-state index contributed by atoms with van der Waals surface area (Å²) < 4.78 is 0. The molecule has 3 N–H and O–H groups in total. The Morgan fingerprint density at radius 2 is 2.00 bits per heavy atom. The number of carbonyl (C=O) groups is 1. The van der Waals surface area contributed by atoms with Crippen LogP contribution in [0.4, 0.5) is 0 Å². The molecule has 3 nitrogen and oxygen atoms in total. The van der Waals surface area contributed by atoms with Crippen LogP contribution < -0.4 is 5.73 Å². The van der Waals surface area contributed by atoms with Gasteiger partial charge < -0.3 is 10.8 Å². The van der Waals surface area contributed by atoms with Gasteiger partial charge in [0.1, 0.15) is 0 Å². The zero-order chi connectivity index (χ0) is 10.0. The van der Waals surface area contributed by atoms with Crippen molar-refractivity contribution in [3.63, 3.8) is 0 Å². The third kappa shape index (κ3) is 2.12. The fourth-order valence-electron chi connectivity index (χ4n) is 0.914. The molecule has 0 spiro atoms. The van der Waals surface area contributed by atoms with Crippen LogP contribution in [0.2, 0.25) is 10.0 Å². The summed E-state index contributed by atoms with van der Waals surface area (Å²) in [6, 6.07) is 2.77. The molecule has 0 saturated heterocycles. The summed E-state index contributed by atoms with van der Waals surface area (Å²) in [5, 5.41) is 9.21. The summed E-state index contributed by atoms with van der Waals surface area (Å²) in [4.78, 5) is 10.6. The van der Waals surface area contributed by atoms with Gasteiger partial charge in [-0.05, 0) is 17.7 Å². The second kappa shape index (κ2) is 3.96. The molecule has 1 aromatic carbocycles. The Morgan fingerprint density at radius 3 is 2.46 bits per heavy atom. The Hall–Kier alpha value is -0.770. The molecule has 0 atom stereocenters. The lowest BCUT2D eigenvalue weighted by atomic mass is 10.1. The van der Waals surface area contributed by atoms with Crippen LogP contribution in [-0.2, 0) is 6.54 Å². The summed E-state index contributed by atoms with van der Waals surface area (Å²) in [6.07, 6.45) is 0. The second-order valence-corrected chi connectivity index (χ2v) is 3.25. The van der Waals surface area contributed by atoms with E-state index < -0.39 is 5.97 Å². The molecular weight excluding hydrogens is 213 g/mol. The molecule has 0 aliphatic carbocycles. The molecule has 0 radical (unpaired) electrons. The molecular formula is C8H7Cl2NO2. The van der Waals surface area contributed by atoms with Crippen LogP contribution in [0.15, 0.2) is 12.1 Å². The van der Waals surface area contributed by atoms with Gasteiger partial charge in [-0.15, -0.1) is 0 Å². The van der Waals surface area contributed by atoms with Crippen molar-refractivity contribution in [2.24, 2.45) is 5.73 Å². The maximum atomic E-state index is 10.6. The van der Waals surface area contributed by atoms with E-state index in [2.05, 4.69) is 0 Å². The maximum absolute atomic E-state index is 10.6. The highest BCUT2D eigenvalue weighted by atomic mass is 35.5. The van der Waals surface area contributed by atoms with Gasteiger partial charge >= 0.3 is 5.97 Å². The molecule has 0 aliphatic rings. The zero-order valence-corrected chi connectivity index (χ0v) is 8.06. The summed E-state index contributed by atoms with van der Waals surface area (Å²) in [7, 11) is 0. The molecule has 5 heteroatoms. The molecule has 0 bridgehead atoms. The van der Waals surface area contributed by atoms with E-state index in [0.717, 1.165) is 0 Å². The van der Waals surface area contributed by atoms with Crippen LogP contribution in [0.5, 0.6) is 0 Å². The lowest BCUT2D eigenvalue weighted by Gasteiger charge is -2.04. The highest BCUT2D eigenvalue weighted by molar-refractivity contribution is 6.36. The van der Waals surface area contributed by atoms with Gasteiger partial charge in [0.2, 0.25) is 0 Å². The Labute approximate surface area is 85.1 Å². The normalized spacial score (nSPS) is 10.1. The maximum Gasteiger partial charge on any atom is 0.337 e. The monoisotopic (exact) mass is 219 g/mol. The van der Waals surface area contributed by atoms with E-state index in [-0.39, 0.29) is 17.1 Å². The smallest absolute Gasteiger partial charge is 0.337 e. The molecule has 1 aromatic rings. The highest BCUT2D eigenvalue weighted by Crippen LogP contribution is 2.25. The Kier molecular flexibility index (Phi) is 3.14. The van der Waals surface area contributed by atoms with Crippen molar-refractivity contribution in [3.8, 4) is 0 Å². The Bertz CT molecular complexity index is 352. The van der Waals surface area contributed by atoms with Crippen LogP contribution in [0.3, 0.4) is 0 Å². The number of aromatic carboxylic acids is 1. The van der Waals surface area contributed by atoms with Crippen molar-refractivity contribution < 1.29 is 9.90 Å². The van der Waals surface area contributed by atoms with E-state index in [0.29, 0.717) is 10.6 Å². The van der Waals surface area contributed by atoms with E-state index in [1.807, 2.05) is 0 Å². The molecule has 0 aliphatic heterocycles. The molecule has 13 heavy (non-hydrogen) atoms. The topological polar surface area (TPSA) is 63.3 Å².